The number of furan rings is 1. The molecule has 5 heteroatoms. The number of rotatable bonds is 10. The van der Waals surface area contributed by atoms with E-state index in [0.29, 0.717) is 0 Å². The first-order valence-corrected chi connectivity index (χ1v) is 22.7. The van der Waals surface area contributed by atoms with Crippen LogP contribution in [0, 0.1) is 0 Å². The predicted molar refractivity (Wildman–Crippen MR) is 276 cm³/mol. The van der Waals surface area contributed by atoms with Crippen molar-refractivity contribution in [2.75, 3.05) is 14.7 Å². The van der Waals surface area contributed by atoms with Gasteiger partial charge in [-0.1, -0.05) is 146 Å². The molecule has 10 aromatic carbocycles. The molecule has 4 nitrogen and oxygen atoms in total. The predicted octanol–water partition coefficient (Wildman–Crippen LogP) is 18.0. The van der Waals surface area contributed by atoms with Crippen molar-refractivity contribution in [3.05, 3.63) is 249 Å². The van der Waals surface area contributed by atoms with Gasteiger partial charge in [0, 0.05) is 61.0 Å². The smallest absolute Gasteiger partial charge is 0.139 e. The van der Waals surface area contributed by atoms with Crippen LogP contribution in [0.15, 0.2) is 253 Å². The molecule has 0 unspecified atom stereocenters. The zero-order valence-electron chi connectivity index (χ0n) is 35.3. The van der Waals surface area contributed by atoms with Crippen molar-refractivity contribution < 1.29 is 4.42 Å². The number of fused-ring (bicyclic) bond motifs is 6. The van der Waals surface area contributed by atoms with Gasteiger partial charge in [-0.05, 0) is 108 Å². The zero-order chi connectivity index (χ0) is 43.1. The Morgan fingerprint density at radius 3 is 1.42 bits per heavy atom. The van der Waals surface area contributed by atoms with Gasteiger partial charge in [0.15, 0.2) is 0 Å². The molecule has 0 atom stereocenters. The second-order valence-corrected chi connectivity index (χ2v) is 17.2. The van der Waals surface area contributed by atoms with E-state index in [1.54, 1.807) is 0 Å². The number of anilines is 9. The summed E-state index contributed by atoms with van der Waals surface area (Å²) in [4.78, 5) is 7.09. The average Bonchev–Trinajstić information content (AvgIpc) is 3.95. The Balaban J connectivity index is 1.15. The fraction of sp³-hybridized carbons (Fsp3) is 0. The first-order valence-electron chi connectivity index (χ1n) is 21.9. The van der Waals surface area contributed by atoms with E-state index >= 15 is 0 Å². The van der Waals surface area contributed by atoms with Crippen LogP contribution in [-0.2, 0) is 0 Å². The van der Waals surface area contributed by atoms with Crippen LogP contribution in [0.25, 0.3) is 53.2 Å². The van der Waals surface area contributed by atoms with Crippen molar-refractivity contribution in [2.45, 2.75) is 0 Å². The molecule has 308 valence electrons. The van der Waals surface area contributed by atoms with Gasteiger partial charge in [-0.2, -0.15) is 0 Å². The number of hydrogen-bond acceptors (Lipinski definition) is 5. The Morgan fingerprint density at radius 2 is 0.785 bits per heavy atom. The minimum atomic E-state index is 0.793. The van der Waals surface area contributed by atoms with Crippen LogP contribution < -0.4 is 14.7 Å². The molecular formula is C60H41N3OS. The second-order valence-electron chi connectivity index (χ2n) is 16.1. The van der Waals surface area contributed by atoms with Crippen molar-refractivity contribution in [1.29, 1.82) is 0 Å². The molecule has 0 aliphatic heterocycles. The largest absolute Gasteiger partial charge is 0.456 e. The number of benzene rings is 10. The van der Waals surface area contributed by atoms with Crippen molar-refractivity contribution in [3.8, 4) is 11.1 Å². The summed E-state index contributed by atoms with van der Waals surface area (Å²) >= 11 is 1.84. The maximum atomic E-state index is 7.07. The van der Waals surface area contributed by atoms with Crippen LogP contribution in [0.4, 0.5) is 51.2 Å². The highest BCUT2D eigenvalue weighted by atomic mass is 32.1. The van der Waals surface area contributed by atoms with Crippen molar-refractivity contribution in [2.24, 2.45) is 0 Å². The average molecular weight is 852 g/mol. The number of nitrogens with zero attached hydrogens (tertiary/aromatic N) is 3. The van der Waals surface area contributed by atoms with Crippen molar-refractivity contribution in [3.63, 3.8) is 0 Å². The Kier molecular flexibility index (Phi) is 9.66. The first-order chi connectivity index (χ1) is 32.2. The Labute approximate surface area is 381 Å². The number of hydrogen-bond donors (Lipinski definition) is 0. The van der Waals surface area contributed by atoms with E-state index < -0.39 is 0 Å². The molecule has 0 spiro atoms. The number of para-hydroxylation sites is 4. The van der Waals surface area contributed by atoms with Gasteiger partial charge in [0.25, 0.3) is 0 Å². The summed E-state index contributed by atoms with van der Waals surface area (Å²) in [6.45, 7) is 0. The molecule has 0 saturated carbocycles. The molecular weight excluding hydrogens is 811 g/mol. The summed E-state index contributed by atoms with van der Waals surface area (Å²) < 4.78 is 9.56. The highest BCUT2D eigenvalue weighted by Gasteiger charge is 2.26. The van der Waals surface area contributed by atoms with Crippen molar-refractivity contribution in [1.82, 2.24) is 0 Å². The second kappa shape index (κ2) is 16.4. The minimum absolute atomic E-state index is 0.793. The Hall–Kier alpha value is -8.38. The Bertz CT molecular complexity index is 3550. The third kappa shape index (κ3) is 6.96. The molecule has 0 bridgehead atoms. The van der Waals surface area contributed by atoms with Gasteiger partial charge in [-0.25, -0.2) is 0 Å². The van der Waals surface area contributed by atoms with Gasteiger partial charge < -0.3 is 19.1 Å². The molecule has 12 aromatic rings. The summed E-state index contributed by atoms with van der Waals surface area (Å²) in [5.74, 6) is 0. The van der Waals surface area contributed by atoms with E-state index in [2.05, 4.69) is 263 Å². The molecule has 0 fully saturated rings. The van der Waals surface area contributed by atoms with Crippen molar-refractivity contribution >= 4 is 105 Å². The van der Waals surface area contributed by atoms with Crippen LogP contribution in [0.5, 0.6) is 0 Å². The van der Waals surface area contributed by atoms with Gasteiger partial charge >= 0.3 is 0 Å². The first kappa shape index (κ1) is 38.3. The van der Waals surface area contributed by atoms with E-state index in [1.165, 1.54) is 25.7 Å². The van der Waals surface area contributed by atoms with E-state index in [0.717, 1.165) is 78.7 Å². The maximum Gasteiger partial charge on any atom is 0.139 e. The van der Waals surface area contributed by atoms with Crippen LogP contribution in [-0.4, -0.2) is 0 Å². The van der Waals surface area contributed by atoms with Gasteiger partial charge in [0.2, 0.25) is 0 Å². The Morgan fingerprint density at radius 1 is 0.292 bits per heavy atom. The monoisotopic (exact) mass is 851 g/mol. The topological polar surface area (TPSA) is 22.9 Å². The fourth-order valence-electron chi connectivity index (χ4n) is 9.26. The lowest BCUT2D eigenvalue weighted by Gasteiger charge is -2.30. The van der Waals surface area contributed by atoms with Crippen LogP contribution in [0.3, 0.4) is 0 Å². The lowest BCUT2D eigenvalue weighted by molar-refractivity contribution is 0.669. The molecule has 2 heterocycles. The van der Waals surface area contributed by atoms with Gasteiger partial charge in [-0.3, -0.25) is 0 Å². The molecule has 12 rings (SSSR count). The minimum Gasteiger partial charge on any atom is -0.456 e. The molecule has 0 aliphatic carbocycles. The van der Waals surface area contributed by atoms with Gasteiger partial charge in [0.05, 0.1) is 27.1 Å². The summed E-state index contributed by atoms with van der Waals surface area (Å²) in [6, 6.07) is 88.6. The molecule has 0 saturated heterocycles. The van der Waals surface area contributed by atoms with E-state index in [-0.39, 0.29) is 0 Å². The zero-order valence-corrected chi connectivity index (χ0v) is 36.1. The third-order valence-electron chi connectivity index (χ3n) is 12.2. The third-order valence-corrected chi connectivity index (χ3v) is 13.4. The lowest BCUT2D eigenvalue weighted by Crippen LogP contribution is -2.13. The molecule has 0 N–H and O–H groups in total. The van der Waals surface area contributed by atoms with Crippen LogP contribution in [0.1, 0.15) is 0 Å². The van der Waals surface area contributed by atoms with Gasteiger partial charge in [-0.15, -0.1) is 11.3 Å². The molecule has 2 aromatic heterocycles. The molecule has 65 heavy (non-hydrogen) atoms. The molecule has 0 aliphatic rings. The molecule has 0 amide bonds. The summed E-state index contributed by atoms with van der Waals surface area (Å²) in [5, 5.41) is 4.56. The summed E-state index contributed by atoms with van der Waals surface area (Å²) in [6.07, 6.45) is 0. The van der Waals surface area contributed by atoms with Crippen LogP contribution in [0.2, 0.25) is 0 Å². The maximum absolute atomic E-state index is 7.07. The van der Waals surface area contributed by atoms with Crippen LogP contribution >= 0.6 is 11.3 Å². The SMILES string of the molecule is c1ccc(-c2ccc(N(c3ccccc3)c3cc(N(c4ccccc4)c4cccc5c4sc4ccccc45)cc4oc5ccc(N(c6ccccc6)c6ccccc6)cc5c34)cc2)cc1. The highest BCUT2D eigenvalue weighted by Crippen LogP contribution is 2.50. The van der Waals surface area contributed by atoms with E-state index in [4.69, 9.17) is 4.42 Å². The summed E-state index contributed by atoms with van der Waals surface area (Å²) in [7, 11) is 0. The fourth-order valence-corrected chi connectivity index (χ4v) is 10.5. The molecule has 0 radical (unpaired) electrons. The number of thiophene rings is 1. The van der Waals surface area contributed by atoms with E-state index in [9.17, 15) is 0 Å². The highest BCUT2D eigenvalue weighted by molar-refractivity contribution is 7.26. The van der Waals surface area contributed by atoms with Gasteiger partial charge in [0.1, 0.15) is 11.2 Å². The summed E-state index contributed by atoms with van der Waals surface area (Å²) in [5.41, 5.74) is 13.4. The normalized spacial score (nSPS) is 11.4. The quantitative estimate of drug-likeness (QED) is 0.137. The lowest BCUT2D eigenvalue weighted by atomic mass is 10.0. The standard InChI is InChI=1S/C60H41N3OS/c1-6-19-42(20-7-1)43-33-35-48(36-34-43)62(46-25-12-4-13-26-46)55-40-50(63(47-27-14-5-15-28-47)54-31-18-30-52-51-29-16-17-32-58(51)65-60(52)54)41-57-59(55)53-39-49(37-38-56(53)64-57)61(44-21-8-2-9-22-44)45-23-10-3-11-24-45/h1-41H. The van der Waals surface area contributed by atoms with E-state index in [1.807, 2.05) is 11.3 Å².